The van der Waals surface area contributed by atoms with E-state index in [1.54, 1.807) is 20.8 Å². The monoisotopic (exact) mass is 405 g/mol. The first-order valence-electron chi connectivity index (χ1n) is 6.53. The Hall–Kier alpha value is -1.31. The first kappa shape index (κ1) is 17.7. The molecule has 0 saturated carbocycles. The van der Waals surface area contributed by atoms with E-state index in [0.717, 1.165) is 9.13 Å². The Labute approximate surface area is 138 Å². The fraction of sp³-hybridized carbons (Fsp3) is 0.467. The standard InChI is InChI=1S/C15H20INO4/c1-15(2,3)21-14(19)17-12(9-13(18)20-4)10-5-7-11(16)8-6-10/h5-8,12H,9H2,1-4H3,(H,17,19)/t12-/m1/s1. The van der Waals surface area contributed by atoms with Crippen LogP contribution in [0.3, 0.4) is 0 Å². The Balaban J connectivity index is 2.84. The van der Waals surface area contributed by atoms with Gasteiger partial charge in [-0.3, -0.25) is 4.79 Å². The average molecular weight is 405 g/mol. The summed E-state index contributed by atoms with van der Waals surface area (Å²) >= 11 is 2.19. The van der Waals surface area contributed by atoms with Gasteiger partial charge in [0.2, 0.25) is 0 Å². The number of rotatable bonds is 4. The molecule has 5 nitrogen and oxygen atoms in total. The van der Waals surface area contributed by atoms with Gasteiger partial charge in [0.1, 0.15) is 5.60 Å². The molecule has 1 rings (SSSR count). The van der Waals surface area contributed by atoms with Crippen LogP contribution in [0.15, 0.2) is 24.3 Å². The van der Waals surface area contributed by atoms with E-state index in [4.69, 9.17) is 4.74 Å². The lowest BCUT2D eigenvalue weighted by molar-refractivity contribution is -0.141. The fourth-order valence-electron chi connectivity index (χ4n) is 1.65. The average Bonchev–Trinajstić information content (AvgIpc) is 2.36. The molecule has 0 bridgehead atoms. The molecule has 1 amide bonds. The Morgan fingerprint density at radius 1 is 1.24 bits per heavy atom. The van der Waals surface area contributed by atoms with Crippen LogP contribution in [0, 0.1) is 3.57 Å². The van der Waals surface area contributed by atoms with Crippen molar-refractivity contribution in [2.75, 3.05) is 7.11 Å². The van der Waals surface area contributed by atoms with E-state index in [1.165, 1.54) is 7.11 Å². The summed E-state index contributed by atoms with van der Waals surface area (Å²) in [6, 6.07) is 7.08. The number of halogens is 1. The Morgan fingerprint density at radius 2 is 1.81 bits per heavy atom. The van der Waals surface area contributed by atoms with E-state index < -0.39 is 23.7 Å². The Bertz CT molecular complexity index is 493. The van der Waals surface area contributed by atoms with E-state index >= 15 is 0 Å². The minimum atomic E-state index is -0.591. The molecule has 21 heavy (non-hydrogen) atoms. The Morgan fingerprint density at radius 3 is 2.29 bits per heavy atom. The molecular formula is C15H20INO4. The molecule has 6 heteroatoms. The van der Waals surface area contributed by atoms with Crippen molar-refractivity contribution in [2.24, 2.45) is 0 Å². The topological polar surface area (TPSA) is 64.6 Å². The molecule has 0 fully saturated rings. The van der Waals surface area contributed by atoms with Crippen molar-refractivity contribution in [3.05, 3.63) is 33.4 Å². The second kappa shape index (κ2) is 7.63. The molecule has 1 aromatic carbocycles. The highest BCUT2D eigenvalue weighted by Crippen LogP contribution is 2.20. The van der Waals surface area contributed by atoms with Crippen LogP contribution < -0.4 is 5.32 Å². The normalized spacial score (nSPS) is 12.4. The number of carbonyl (C=O) groups is 2. The molecule has 0 aliphatic heterocycles. The predicted molar refractivity (Wildman–Crippen MR) is 87.9 cm³/mol. The molecule has 0 heterocycles. The molecule has 0 saturated heterocycles. The lowest BCUT2D eigenvalue weighted by atomic mass is 10.0. The molecular weight excluding hydrogens is 385 g/mol. The van der Waals surface area contributed by atoms with Gasteiger partial charge in [-0.05, 0) is 61.1 Å². The van der Waals surface area contributed by atoms with Crippen molar-refractivity contribution in [1.29, 1.82) is 0 Å². The minimum absolute atomic E-state index is 0.0519. The highest BCUT2D eigenvalue weighted by atomic mass is 127. The summed E-state index contributed by atoms with van der Waals surface area (Å²) in [4.78, 5) is 23.4. The summed E-state index contributed by atoms with van der Waals surface area (Å²) in [6.45, 7) is 5.35. The predicted octanol–water partition coefficient (Wildman–Crippen LogP) is 3.42. The van der Waals surface area contributed by atoms with E-state index in [9.17, 15) is 9.59 Å². The van der Waals surface area contributed by atoms with Crippen LogP contribution in [0.1, 0.15) is 38.8 Å². The van der Waals surface area contributed by atoms with Crippen LogP contribution in [-0.2, 0) is 14.3 Å². The van der Waals surface area contributed by atoms with Gasteiger partial charge in [-0.25, -0.2) is 4.79 Å². The maximum absolute atomic E-state index is 11.9. The van der Waals surface area contributed by atoms with Crippen LogP contribution in [0.5, 0.6) is 0 Å². The summed E-state index contributed by atoms with van der Waals surface area (Å²) in [5, 5.41) is 2.71. The van der Waals surface area contributed by atoms with Gasteiger partial charge < -0.3 is 14.8 Å². The van der Waals surface area contributed by atoms with Gasteiger partial charge in [-0.15, -0.1) is 0 Å². The molecule has 116 valence electrons. The molecule has 1 aromatic rings. The van der Waals surface area contributed by atoms with Crippen molar-refractivity contribution in [3.8, 4) is 0 Å². The van der Waals surface area contributed by atoms with Gasteiger partial charge in [0.15, 0.2) is 0 Å². The summed E-state index contributed by atoms with van der Waals surface area (Å²) in [5.41, 5.74) is 0.234. The van der Waals surface area contributed by atoms with E-state index in [1.807, 2.05) is 24.3 Å². The smallest absolute Gasteiger partial charge is 0.408 e. The van der Waals surface area contributed by atoms with Crippen LogP contribution in [-0.4, -0.2) is 24.8 Å². The third-order valence-electron chi connectivity index (χ3n) is 2.56. The lowest BCUT2D eigenvalue weighted by Gasteiger charge is -2.23. The number of amides is 1. The van der Waals surface area contributed by atoms with Gasteiger partial charge in [-0.1, -0.05) is 12.1 Å². The summed E-state index contributed by atoms with van der Waals surface area (Å²) < 4.78 is 11.0. The fourth-order valence-corrected chi connectivity index (χ4v) is 2.01. The van der Waals surface area contributed by atoms with Crippen molar-refractivity contribution < 1.29 is 19.1 Å². The van der Waals surface area contributed by atoms with E-state index in [0.29, 0.717) is 0 Å². The van der Waals surface area contributed by atoms with Gasteiger partial charge in [0.05, 0.1) is 19.6 Å². The lowest BCUT2D eigenvalue weighted by Crippen LogP contribution is -2.36. The first-order chi connectivity index (χ1) is 9.71. The number of hydrogen-bond donors (Lipinski definition) is 1. The number of ether oxygens (including phenoxy) is 2. The number of hydrogen-bond acceptors (Lipinski definition) is 4. The van der Waals surface area contributed by atoms with Gasteiger partial charge >= 0.3 is 12.1 Å². The molecule has 0 aromatic heterocycles. The maximum Gasteiger partial charge on any atom is 0.408 e. The van der Waals surface area contributed by atoms with Crippen molar-refractivity contribution in [2.45, 2.75) is 38.8 Å². The van der Waals surface area contributed by atoms with Gasteiger partial charge in [0, 0.05) is 3.57 Å². The van der Waals surface area contributed by atoms with Crippen LogP contribution in [0.2, 0.25) is 0 Å². The summed E-state index contributed by atoms with van der Waals surface area (Å²) in [6.07, 6.45) is -0.508. The summed E-state index contributed by atoms with van der Waals surface area (Å²) in [7, 11) is 1.32. The Kier molecular flexibility index (Phi) is 6.44. The zero-order chi connectivity index (χ0) is 16.0. The van der Waals surface area contributed by atoms with Crippen LogP contribution >= 0.6 is 22.6 Å². The molecule has 0 unspecified atom stereocenters. The number of nitrogens with one attached hydrogen (secondary N) is 1. The molecule has 0 radical (unpaired) electrons. The number of carbonyl (C=O) groups excluding carboxylic acids is 2. The number of benzene rings is 1. The zero-order valence-electron chi connectivity index (χ0n) is 12.6. The van der Waals surface area contributed by atoms with E-state index in [2.05, 4.69) is 32.6 Å². The molecule has 0 spiro atoms. The second-order valence-electron chi connectivity index (χ2n) is 5.53. The summed E-state index contributed by atoms with van der Waals surface area (Å²) in [5.74, 6) is -0.394. The highest BCUT2D eigenvalue weighted by molar-refractivity contribution is 14.1. The van der Waals surface area contributed by atoms with E-state index in [-0.39, 0.29) is 6.42 Å². The molecule has 1 N–H and O–H groups in total. The number of methoxy groups -OCH3 is 1. The van der Waals surface area contributed by atoms with Crippen molar-refractivity contribution in [1.82, 2.24) is 5.32 Å². The van der Waals surface area contributed by atoms with Crippen LogP contribution in [0.25, 0.3) is 0 Å². The third-order valence-corrected chi connectivity index (χ3v) is 3.28. The van der Waals surface area contributed by atoms with Gasteiger partial charge in [-0.2, -0.15) is 0 Å². The molecule has 1 atom stereocenters. The SMILES string of the molecule is COC(=O)C[C@@H](NC(=O)OC(C)(C)C)c1ccc(I)cc1. The molecule has 0 aliphatic rings. The zero-order valence-corrected chi connectivity index (χ0v) is 14.8. The number of esters is 1. The number of alkyl carbamates (subject to hydrolysis) is 1. The van der Waals surface area contributed by atoms with Crippen LogP contribution in [0.4, 0.5) is 4.79 Å². The van der Waals surface area contributed by atoms with Gasteiger partial charge in [0.25, 0.3) is 0 Å². The first-order valence-corrected chi connectivity index (χ1v) is 7.61. The largest absolute Gasteiger partial charge is 0.469 e. The maximum atomic E-state index is 11.9. The quantitative estimate of drug-likeness (QED) is 0.616. The third kappa shape index (κ3) is 6.79. The minimum Gasteiger partial charge on any atom is -0.469 e. The van der Waals surface area contributed by atoms with Crippen molar-refractivity contribution >= 4 is 34.7 Å². The molecule has 0 aliphatic carbocycles. The van der Waals surface area contributed by atoms with Crippen molar-refractivity contribution in [3.63, 3.8) is 0 Å². The second-order valence-corrected chi connectivity index (χ2v) is 6.78. The highest BCUT2D eigenvalue weighted by Gasteiger charge is 2.22.